The van der Waals surface area contributed by atoms with E-state index < -0.39 is 0 Å². The van der Waals surface area contributed by atoms with Gasteiger partial charge in [0.2, 0.25) is 11.1 Å². The van der Waals surface area contributed by atoms with Gasteiger partial charge in [0.25, 0.3) is 0 Å². The number of ether oxygens (including phenoxy) is 1. The van der Waals surface area contributed by atoms with Gasteiger partial charge < -0.3 is 20.8 Å². The van der Waals surface area contributed by atoms with Crippen molar-refractivity contribution in [1.82, 2.24) is 14.9 Å². The van der Waals surface area contributed by atoms with Crippen LogP contribution in [0.5, 0.6) is 5.75 Å². The number of carbonyl (C=O) groups excluding carboxylic acids is 1. The van der Waals surface area contributed by atoms with Crippen LogP contribution in [0.1, 0.15) is 26.2 Å². The number of hydrogen-bond donors (Lipinski definition) is 2. The minimum atomic E-state index is -0.119. The second kappa shape index (κ2) is 10.4. The van der Waals surface area contributed by atoms with E-state index in [2.05, 4.69) is 32.5 Å². The number of amides is 1. The maximum Gasteiger partial charge on any atom is 0.234 e. The van der Waals surface area contributed by atoms with Gasteiger partial charge in [0.15, 0.2) is 5.82 Å². The summed E-state index contributed by atoms with van der Waals surface area (Å²) in [6.45, 7) is 4.74. The van der Waals surface area contributed by atoms with E-state index in [0.29, 0.717) is 17.6 Å². The molecule has 2 heterocycles. The Hall–Kier alpha value is -3.20. The molecule has 1 aromatic heterocycles. The van der Waals surface area contributed by atoms with Crippen LogP contribution in [0.4, 0.5) is 11.4 Å². The lowest BCUT2D eigenvalue weighted by molar-refractivity contribution is -0.113. The number of benzene rings is 2. The normalized spacial score (nSPS) is 13.7. The summed E-state index contributed by atoms with van der Waals surface area (Å²) in [5.74, 6) is 7.55. The number of piperidine rings is 1. The summed E-state index contributed by atoms with van der Waals surface area (Å²) < 4.78 is 6.86. The molecule has 0 aliphatic carbocycles. The van der Waals surface area contributed by atoms with Crippen LogP contribution in [0.3, 0.4) is 0 Å². The standard InChI is InChI=1S/C23H28N6O2S/c1-2-31-20-12-6-17(7-13-20)22-26-27-23(29(22)24)32-16-21(30)25-18-8-10-19(11-9-18)28-14-4-3-5-15-28/h6-13H,2-5,14-16,24H2,1H3,(H,25,30). The highest BCUT2D eigenvalue weighted by atomic mass is 32.2. The average molecular weight is 453 g/mol. The Morgan fingerprint density at radius 2 is 1.78 bits per heavy atom. The molecule has 2 aromatic carbocycles. The van der Waals surface area contributed by atoms with E-state index in [1.807, 2.05) is 43.3 Å². The third-order valence-electron chi connectivity index (χ3n) is 5.29. The molecule has 0 bridgehead atoms. The highest BCUT2D eigenvalue weighted by Crippen LogP contribution is 2.25. The van der Waals surface area contributed by atoms with Crippen LogP contribution >= 0.6 is 11.8 Å². The van der Waals surface area contributed by atoms with Crippen molar-refractivity contribution in [3.8, 4) is 17.1 Å². The molecule has 168 valence electrons. The zero-order chi connectivity index (χ0) is 22.3. The van der Waals surface area contributed by atoms with Crippen LogP contribution in [-0.4, -0.2) is 46.2 Å². The van der Waals surface area contributed by atoms with Crippen molar-refractivity contribution >= 4 is 29.0 Å². The lowest BCUT2D eigenvalue weighted by Gasteiger charge is -2.28. The van der Waals surface area contributed by atoms with Crippen LogP contribution in [-0.2, 0) is 4.79 Å². The fourth-order valence-corrected chi connectivity index (χ4v) is 4.33. The predicted molar refractivity (Wildman–Crippen MR) is 129 cm³/mol. The molecule has 1 saturated heterocycles. The van der Waals surface area contributed by atoms with Crippen molar-refractivity contribution in [1.29, 1.82) is 0 Å². The highest BCUT2D eigenvalue weighted by molar-refractivity contribution is 7.99. The fraction of sp³-hybridized carbons (Fsp3) is 0.348. The maximum atomic E-state index is 12.4. The quantitative estimate of drug-likeness (QED) is 0.396. The van der Waals surface area contributed by atoms with E-state index in [-0.39, 0.29) is 11.7 Å². The predicted octanol–water partition coefficient (Wildman–Crippen LogP) is 3.78. The maximum absolute atomic E-state index is 12.4. The Kier molecular flexibility index (Phi) is 7.16. The first-order chi connectivity index (χ1) is 15.6. The van der Waals surface area contributed by atoms with E-state index in [4.69, 9.17) is 10.6 Å². The second-order valence-electron chi connectivity index (χ2n) is 7.57. The second-order valence-corrected chi connectivity index (χ2v) is 8.51. The summed E-state index contributed by atoms with van der Waals surface area (Å²) in [6, 6.07) is 15.5. The number of carbonyl (C=O) groups is 1. The molecule has 0 atom stereocenters. The van der Waals surface area contributed by atoms with E-state index in [0.717, 1.165) is 30.1 Å². The Bertz CT molecular complexity index is 1030. The molecule has 0 spiro atoms. The molecule has 9 heteroatoms. The molecule has 32 heavy (non-hydrogen) atoms. The lowest BCUT2D eigenvalue weighted by atomic mass is 10.1. The summed E-state index contributed by atoms with van der Waals surface area (Å²) in [7, 11) is 0. The van der Waals surface area contributed by atoms with Gasteiger partial charge in [-0.1, -0.05) is 11.8 Å². The third-order valence-corrected chi connectivity index (χ3v) is 6.24. The Balaban J connectivity index is 1.31. The molecule has 0 radical (unpaired) electrons. The Morgan fingerprint density at radius 1 is 1.06 bits per heavy atom. The number of rotatable bonds is 8. The van der Waals surface area contributed by atoms with Crippen molar-refractivity contribution in [2.75, 3.05) is 41.5 Å². The molecular formula is C23H28N6O2S. The summed E-state index contributed by atoms with van der Waals surface area (Å²) in [5, 5.41) is 11.7. The summed E-state index contributed by atoms with van der Waals surface area (Å²) in [6.07, 6.45) is 3.78. The van der Waals surface area contributed by atoms with Crippen LogP contribution in [0.15, 0.2) is 53.7 Å². The van der Waals surface area contributed by atoms with Gasteiger partial charge >= 0.3 is 0 Å². The molecule has 1 fully saturated rings. The minimum Gasteiger partial charge on any atom is -0.494 e. The first kappa shape index (κ1) is 22.0. The number of anilines is 2. The summed E-state index contributed by atoms with van der Waals surface area (Å²) >= 11 is 1.25. The fourth-order valence-electron chi connectivity index (χ4n) is 3.67. The smallest absolute Gasteiger partial charge is 0.234 e. The SMILES string of the molecule is CCOc1ccc(-c2nnc(SCC(=O)Nc3ccc(N4CCCCC4)cc3)n2N)cc1. The number of nitrogen functional groups attached to an aromatic ring is 1. The van der Waals surface area contributed by atoms with E-state index >= 15 is 0 Å². The van der Waals surface area contributed by atoms with Crippen molar-refractivity contribution in [3.05, 3.63) is 48.5 Å². The monoisotopic (exact) mass is 452 g/mol. The minimum absolute atomic E-state index is 0.119. The van der Waals surface area contributed by atoms with Gasteiger partial charge in [-0.05, 0) is 74.7 Å². The molecule has 1 aliphatic heterocycles. The number of thioether (sulfide) groups is 1. The first-order valence-electron chi connectivity index (χ1n) is 10.9. The number of nitrogens with one attached hydrogen (secondary N) is 1. The van der Waals surface area contributed by atoms with Gasteiger partial charge in [-0.3, -0.25) is 4.79 Å². The Morgan fingerprint density at radius 3 is 2.47 bits per heavy atom. The molecule has 1 aliphatic rings. The molecule has 0 saturated carbocycles. The largest absolute Gasteiger partial charge is 0.494 e. The molecule has 3 N–H and O–H groups in total. The first-order valence-corrected chi connectivity index (χ1v) is 11.8. The molecule has 1 amide bonds. The topological polar surface area (TPSA) is 98.3 Å². The molecule has 4 rings (SSSR count). The lowest BCUT2D eigenvalue weighted by Crippen LogP contribution is -2.29. The van der Waals surface area contributed by atoms with Crippen molar-refractivity contribution in [3.63, 3.8) is 0 Å². The van der Waals surface area contributed by atoms with Gasteiger partial charge in [0.1, 0.15) is 5.75 Å². The van der Waals surface area contributed by atoms with Gasteiger partial charge in [-0.15, -0.1) is 10.2 Å². The van der Waals surface area contributed by atoms with Gasteiger partial charge in [0.05, 0.1) is 12.4 Å². The molecule has 3 aromatic rings. The number of nitrogens with two attached hydrogens (primary N) is 1. The molecule has 8 nitrogen and oxygen atoms in total. The van der Waals surface area contributed by atoms with Crippen LogP contribution in [0, 0.1) is 0 Å². The average Bonchev–Trinajstić information content (AvgIpc) is 3.20. The zero-order valence-corrected chi connectivity index (χ0v) is 19.0. The summed E-state index contributed by atoms with van der Waals surface area (Å²) in [5.41, 5.74) is 2.81. The van der Waals surface area contributed by atoms with Crippen molar-refractivity contribution < 1.29 is 9.53 Å². The molecule has 0 unspecified atom stereocenters. The zero-order valence-electron chi connectivity index (χ0n) is 18.2. The summed E-state index contributed by atoms with van der Waals surface area (Å²) in [4.78, 5) is 14.8. The third kappa shape index (κ3) is 5.34. The highest BCUT2D eigenvalue weighted by Gasteiger charge is 2.15. The van der Waals surface area contributed by atoms with Gasteiger partial charge in [0, 0.05) is 30.0 Å². The van der Waals surface area contributed by atoms with Gasteiger partial charge in [-0.2, -0.15) is 0 Å². The van der Waals surface area contributed by atoms with Crippen LogP contribution in [0.25, 0.3) is 11.4 Å². The number of nitrogens with zero attached hydrogens (tertiary/aromatic N) is 4. The van der Waals surface area contributed by atoms with Crippen molar-refractivity contribution in [2.24, 2.45) is 0 Å². The van der Waals surface area contributed by atoms with E-state index in [9.17, 15) is 4.79 Å². The number of hydrogen-bond acceptors (Lipinski definition) is 7. The Labute approximate surface area is 192 Å². The number of aromatic nitrogens is 3. The van der Waals surface area contributed by atoms with E-state index in [1.165, 1.54) is 41.4 Å². The van der Waals surface area contributed by atoms with Crippen molar-refractivity contribution in [2.45, 2.75) is 31.3 Å². The van der Waals surface area contributed by atoms with Crippen LogP contribution < -0.4 is 20.8 Å². The van der Waals surface area contributed by atoms with E-state index in [1.54, 1.807) is 0 Å². The van der Waals surface area contributed by atoms with Crippen LogP contribution in [0.2, 0.25) is 0 Å². The van der Waals surface area contributed by atoms with Gasteiger partial charge in [-0.25, -0.2) is 4.68 Å². The molecular weight excluding hydrogens is 424 g/mol.